The van der Waals surface area contributed by atoms with Crippen LogP contribution in [0.25, 0.3) is 11.2 Å². The van der Waals surface area contributed by atoms with Crippen LogP contribution in [0.15, 0.2) is 42.9 Å². The summed E-state index contributed by atoms with van der Waals surface area (Å²) in [4.78, 5) is 15.9. The zero-order valence-corrected chi connectivity index (χ0v) is 10.9. The van der Waals surface area contributed by atoms with E-state index in [1.54, 1.807) is 6.33 Å². The molecule has 0 unspecified atom stereocenters. The number of nitrogens with one attached hydrogen (secondary N) is 1. The van der Waals surface area contributed by atoms with Gasteiger partial charge < -0.3 is 0 Å². The van der Waals surface area contributed by atoms with Gasteiger partial charge in [0.25, 0.3) is 0 Å². The summed E-state index contributed by atoms with van der Waals surface area (Å²) in [6.07, 6.45) is 3.46. The number of aromatic nitrogens is 4. The van der Waals surface area contributed by atoms with Gasteiger partial charge in [-0.3, -0.25) is 0 Å². The van der Waals surface area contributed by atoms with E-state index in [1.165, 1.54) is 5.56 Å². The minimum absolute atomic E-state index is 0.0324. The van der Waals surface area contributed by atoms with Gasteiger partial charge in [-0.25, -0.2) is 0 Å². The van der Waals surface area contributed by atoms with Crippen molar-refractivity contribution in [1.29, 1.82) is 0 Å². The van der Waals surface area contributed by atoms with E-state index >= 15 is 0 Å². The predicted octanol–water partition coefficient (Wildman–Crippen LogP) is 0.883. The predicted molar refractivity (Wildman–Crippen MR) is 67.2 cm³/mol. The van der Waals surface area contributed by atoms with E-state index in [0.717, 1.165) is 21.0 Å². The zero-order chi connectivity index (χ0) is 11.5. The van der Waals surface area contributed by atoms with Gasteiger partial charge in [-0.2, -0.15) is 0 Å². The number of imidazole rings is 1. The van der Waals surface area contributed by atoms with Gasteiger partial charge in [0.2, 0.25) is 0 Å². The topological polar surface area (TPSA) is 54.5 Å². The Kier molecular flexibility index (Phi) is 2.88. The molecule has 0 bridgehead atoms. The van der Waals surface area contributed by atoms with Crippen LogP contribution in [0.5, 0.6) is 0 Å². The summed E-state index contributed by atoms with van der Waals surface area (Å²) in [5.74, 6) is 0. The molecule has 0 aliphatic carbocycles. The summed E-state index contributed by atoms with van der Waals surface area (Å²) in [7, 11) is 0. The van der Waals surface area contributed by atoms with Gasteiger partial charge >= 0.3 is 105 Å². The molecule has 0 saturated carbocycles. The molecule has 1 aromatic carbocycles. The molecule has 0 aliphatic heterocycles. The fourth-order valence-corrected chi connectivity index (χ4v) is 3.31. The second-order valence-electron chi connectivity index (χ2n) is 3.61. The van der Waals surface area contributed by atoms with Crippen molar-refractivity contribution in [2.75, 3.05) is 0 Å². The Morgan fingerprint density at radius 1 is 1.12 bits per heavy atom. The Morgan fingerprint density at radius 3 is 2.88 bits per heavy atom. The Hall–Kier alpha value is -1.67. The average Bonchev–Trinajstić information content (AvgIpc) is 2.85. The first-order chi connectivity index (χ1) is 8.42. The third-order valence-corrected chi connectivity index (χ3v) is 4.55. The average molecular weight is 285 g/mol. The minimum atomic E-state index is -0.0324. The molecule has 1 radical (unpaired) electrons. The quantitative estimate of drug-likeness (QED) is 0.727. The van der Waals surface area contributed by atoms with Crippen LogP contribution in [0.3, 0.4) is 0 Å². The van der Waals surface area contributed by atoms with Crippen molar-refractivity contribution < 1.29 is 0 Å². The van der Waals surface area contributed by atoms with Crippen LogP contribution in [-0.2, 0) is 5.21 Å². The van der Waals surface area contributed by atoms with Crippen molar-refractivity contribution in [3.8, 4) is 0 Å². The summed E-state index contributed by atoms with van der Waals surface area (Å²) in [5.41, 5.74) is 3.01. The molecule has 4 nitrogen and oxygen atoms in total. The van der Waals surface area contributed by atoms with Gasteiger partial charge in [-0.15, -0.1) is 0 Å². The fourth-order valence-electron chi connectivity index (χ4n) is 1.55. The number of benzene rings is 1. The van der Waals surface area contributed by atoms with Crippen molar-refractivity contribution in [2.45, 2.75) is 5.21 Å². The van der Waals surface area contributed by atoms with Crippen LogP contribution < -0.4 is 4.61 Å². The fraction of sp³-hybridized carbons (Fsp3) is 0.0833. The van der Waals surface area contributed by atoms with Crippen LogP contribution in [0, 0.1) is 0 Å². The maximum absolute atomic E-state index is 4.44. The van der Waals surface area contributed by atoms with E-state index in [-0.39, 0.29) is 15.8 Å². The molecule has 17 heavy (non-hydrogen) atoms. The number of H-pyrrole nitrogens is 1. The number of rotatable bonds is 3. The van der Waals surface area contributed by atoms with Gasteiger partial charge in [0.1, 0.15) is 0 Å². The van der Waals surface area contributed by atoms with Gasteiger partial charge in [0.15, 0.2) is 0 Å². The zero-order valence-electron chi connectivity index (χ0n) is 9.04. The van der Waals surface area contributed by atoms with Crippen LogP contribution in [0.2, 0.25) is 0 Å². The van der Waals surface area contributed by atoms with E-state index < -0.39 is 0 Å². The maximum atomic E-state index is 4.44. The molecular formula is C12H10AsN4. The van der Waals surface area contributed by atoms with Gasteiger partial charge in [0, 0.05) is 0 Å². The third kappa shape index (κ3) is 2.37. The van der Waals surface area contributed by atoms with Crippen LogP contribution in [-0.4, -0.2) is 35.7 Å². The first kappa shape index (κ1) is 10.5. The van der Waals surface area contributed by atoms with Crippen LogP contribution in [0.1, 0.15) is 5.56 Å². The van der Waals surface area contributed by atoms with Gasteiger partial charge in [-0.05, 0) is 0 Å². The summed E-state index contributed by atoms with van der Waals surface area (Å²) in [5, 5.41) is 1.05. The molecule has 2 heterocycles. The molecule has 0 amide bonds. The SMILES string of the molecule is c1ccc(C[As]c2ncc3[nH]cnc3n2)cc1. The van der Waals surface area contributed by atoms with Crippen LogP contribution >= 0.6 is 0 Å². The second kappa shape index (κ2) is 4.68. The summed E-state index contributed by atoms with van der Waals surface area (Å²) < 4.78 is 0.935. The molecule has 3 rings (SSSR count). The molecule has 3 aromatic rings. The summed E-state index contributed by atoms with van der Waals surface area (Å²) >= 11 is -0.0324. The van der Waals surface area contributed by atoms with E-state index in [0.29, 0.717) is 0 Å². The molecule has 0 fully saturated rings. The van der Waals surface area contributed by atoms with Crippen LogP contribution in [0.4, 0.5) is 0 Å². The van der Waals surface area contributed by atoms with Crippen molar-refractivity contribution in [1.82, 2.24) is 19.9 Å². The van der Waals surface area contributed by atoms with E-state index in [1.807, 2.05) is 12.3 Å². The molecule has 1 N–H and O–H groups in total. The number of nitrogens with zero attached hydrogens (tertiary/aromatic N) is 3. The van der Waals surface area contributed by atoms with E-state index in [4.69, 9.17) is 0 Å². The molecule has 83 valence electrons. The Morgan fingerprint density at radius 2 is 2.00 bits per heavy atom. The van der Waals surface area contributed by atoms with Crippen molar-refractivity contribution >= 4 is 31.5 Å². The summed E-state index contributed by atoms with van der Waals surface area (Å²) in [6.45, 7) is 0. The number of aromatic amines is 1. The Labute approximate surface area is 105 Å². The molecule has 0 aliphatic rings. The summed E-state index contributed by atoms with van der Waals surface area (Å²) in [6, 6.07) is 10.4. The number of hydrogen-bond donors (Lipinski definition) is 1. The molecule has 2 aromatic heterocycles. The van der Waals surface area contributed by atoms with E-state index in [2.05, 4.69) is 44.2 Å². The number of fused-ring (bicyclic) bond motifs is 1. The van der Waals surface area contributed by atoms with E-state index in [9.17, 15) is 0 Å². The first-order valence-electron chi connectivity index (χ1n) is 5.29. The molecule has 5 heteroatoms. The first-order valence-corrected chi connectivity index (χ1v) is 7.56. The molecule has 0 saturated heterocycles. The Bertz CT molecular complexity index is 620. The molecule has 0 atom stereocenters. The van der Waals surface area contributed by atoms with Crippen molar-refractivity contribution in [2.24, 2.45) is 0 Å². The van der Waals surface area contributed by atoms with Gasteiger partial charge in [-0.1, -0.05) is 0 Å². The second-order valence-corrected chi connectivity index (χ2v) is 5.78. The molecular weight excluding hydrogens is 275 g/mol. The normalized spacial score (nSPS) is 11.5. The Balaban J connectivity index is 1.76. The van der Waals surface area contributed by atoms with Crippen molar-refractivity contribution in [3.05, 3.63) is 48.4 Å². The molecule has 0 spiro atoms. The number of hydrogen-bond acceptors (Lipinski definition) is 3. The standard InChI is InChI=1S/C12H10AsN4/c1-2-4-9(5-3-1)6-13-12-14-7-10-11(17-12)16-8-15-10/h1-5,7-8H,6H2,(H,14,15,16,17). The third-order valence-electron chi connectivity index (χ3n) is 2.41. The van der Waals surface area contributed by atoms with Gasteiger partial charge in [0.05, 0.1) is 0 Å². The monoisotopic (exact) mass is 285 g/mol. The van der Waals surface area contributed by atoms with Crippen molar-refractivity contribution in [3.63, 3.8) is 0 Å².